The van der Waals surface area contributed by atoms with Crippen LogP contribution in [0.25, 0.3) is 0 Å². The molecule has 0 atom stereocenters. The Labute approximate surface area is 64.6 Å². The number of carbonyl (C=O) groups excluding carboxylic acids is 1. The lowest BCUT2D eigenvalue weighted by atomic mass is 9.68. The minimum absolute atomic E-state index is 0.315. The molecule has 0 saturated heterocycles. The first-order valence-electron chi connectivity index (χ1n) is 3.47. The van der Waals surface area contributed by atoms with E-state index in [0.717, 1.165) is 19.3 Å². The van der Waals surface area contributed by atoms with Crippen LogP contribution in [0, 0.1) is 5.41 Å². The average molecular weight is 165 g/mol. The highest BCUT2D eigenvalue weighted by Gasteiger charge is 2.42. The van der Waals surface area contributed by atoms with E-state index in [0.29, 0.717) is 6.42 Å². The van der Waals surface area contributed by atoms with E-state index in [1.807, 2.05) is 0 Å². The molecular weight excluding hydrogens is 155 g/mol. The predicted octanol–water partition coefficient (Wildman–Crippen LogP) is 2.28. The molecule has 3 heteroatoms. The van der Waals surface area contributed by atoms with Gasteiger partial charge in [0.1, 0.15) is 0 Å². The van der Waals surface area contributed by atoms with Gasteiger partial charge < -0.3 is 0 Å². The topological polar surface area (TPSA) is 17.1 Å². The van der Waals surface area contributed by atoms with Crippen molar-refractivity contribution in [1.82, 2.24) is 0 Å². The summed E-state index contributed by atoms with van der Waals surface area (Å²) in [7, 11) is 0. The molecule has 1 saturated carbocycles. The van der Waals surface area contributed by atoms with Gasteiger partial charge >= 0.3 is 0 Å². The number of carbonyl (C=O) groups is 1. The van der Waals surface area contributed by atoms with Crippen molar-refractivity contribution in [2.75, 3.05) is 6.67 Å². The maximum Gasteiger partial charge on any atom is 0.227 e. The molecule has 0 aromatic heterocycles. The van der Waals surface area contributed by atoms with E-state index < -0.39 is 12.1 Å². The largest absolute Gasteiger partial charge is 0.281 e. The number of hydrogen-bond donors (Lipinski definition) is 0. The van der Waals surface area contributed by atoms with E-state index in [2.05, 4.69) is 0 Å². The summed E-state index contributed by atoms with van der Waals surface area (Å²) in [6.07, 6.45) is 2.88. The summed E-state index contributed by atoms with van der Waals surface area (Å²) in [5.74, 6) is 0. The van der Waals surface area contributed by atoms with Crippen LogP contribution < -0.4 is 0 Å². The zero-order valence-electron chi connectivity index (χ0n) is 5.70. The molecule has 0 N–H and O–H groups in total. The molecule has 0 radical (unpaired) electrons. The van der Waals surface area contributed by atoms with E-state index in [1.54, 1.807) is 0 Å². The van der Waals surface area contributed by atoms with Crippen LogP contribution in [-0.4, -0.2) is 11.9 Å². The van der Waals surface area contributed by atoms with Crippen molar-refractivity contribution in [3.05, 3.63) is 0 Å². The molecule has 1 fully saturated rings. The number of halogens is 2. The smallest absolute Gasteiger partial charge is 0.227 e. The summed E-state index contributed by atoms with van der Waals surface area (Å²) in [6, 6.07) is 0. The SMILES string of the molecule is O=C(Cl)C1(CCF)CCC1. The van der Waals surface area contributed by atoms with Gasteiger partial charge in [-0.1, -0.05) is 6.42 Å². The van der Waals surface area contributed by atoms with Crippen LogP contribution in [-0.2, 0) is 4.79 Å². The fourth-order valence-electron chi connectivity index (χ4n) is 1.33. The second kappa shape index (κ2) is 2.87. The Morgan fingerprint density at radius 1 is 1.60 bits per heavy atom. The third-order valence-corrected chi connectivity index (χ3v) is 2.70. The molecule has 1 nitrogen and oxygen atoms in total. The van der Waals surface area contributed by atoms with E-state index in [9.17, 15) is 9.18 Å². The van der Waals surface area contributed by atoms with E-state index in [1.165, 1.54) is 0 Å². The Bertz CT molecular complexity index is 143. The summed E-state index contributed by atoms with van der Waals surface area (Å²) >= 11 is 5.31. The van der Waals surface area contributed by atoms with Crippen molar-refractivity contribution in [2.45, 2.75) is 25.7 Å². The molecule has 58 valence electrons. The van der Waals surface area contributed by atoms with Crippen LogP contribution in [0.5, 0.6) is 0 Å². The van der Waals surface area contributed by atoms with Crippen LogP contribution >= 0.6 is 11.6 Å². The van der Waals surface area contributed by atoms with Crippen LogP contribution in [0.15, 0.2) is 0 Å². The first-order chi connectivity index (χ1) is 4.71. The average Bonchev–Trinajstić information content (AvgIpc) is 1.77. The first kappa shape index (κ1) is 7.99. The van der Waals surface area contributed by atoms with Crippen molar-refractivity contribution >= 4 is 16.8 Å². The Balaban J connectivity index is 2.50. The van der Waals surface area contributed by atoms with Crippen molar-refractivity contribution in [3.63, 3.8) is 0 Å². The fraction of sp³-hybridized carbons (Fsp3) is 0.857. The summed E-state index contributed by atoms with van der Waals surface area (Å²) in [5.41, 5.74) is -0.476. The van der Waals surface area contributed by atoms with Gasteiger partial charge in [0.2, 0.25) is 5.24 Å². The van der Waals surface area contributed by atoms with Gasteiger partial charge in [-0.15, -0.1) is 0 Å². The van der Waals surface area contributed by atoms with Gasteiger partial charge in [-0.25, -0.2) is 0 Å². The Morgan fingerprint density at radius 3 is 2.30 bits per heavy atom. The standard InChI is InChI=1S/C7H10ClFO/c8-6(10)7(4-5-9)2-1-3-7/h1-5H2. The highest BCUT2D eigenvalue weighted by molar-refractivity contribution is 6.64. The Morgan fingerprint density at radius 2 is 2.20 bits per heavy atom. The zero-order chi connectivity index (χ0) is 7.61. The third kappa shape index (κ3) is 1.17. The second-order valence-electron chi connectivity index (χ2n) is 2.85. The maximum atomic E-state index is 11.9. The highest BCUT2D eigenvalue weighted by atomic mass is 35.5. The van der Waals surface area contributed by atoms with Gasteiger partial charge in [0, 0.05) is 5.41 Å². The molecule has 1 aliphatic rings. The summed E-state index contributed by atoms with van der Waals surface area (Å²) in [6.45, 7) is -0.432. The zero-order valence-corrected chi connectivity index (χ0v) is 6.46. The molecule has 10 heavy (non-hydrogen) atoms. The molecule has 1 aliphatic carbocycles. The van der Waals surface area contributed by atoms with Gasteiger partial charge in [0.25, 0.3) is 0 Å². The normalized spacial score (nSPS) is 21.8. The summed E-state index contributed by atoms with van der Waals surface area (Å²) < 4.78 is 11.9. The molecule has 0 aromatic carbocycles. The third-order valence-electron chi connectivity index (χ3n) is 2.30. The molecule has 0 unspecified atom stereocenters. The van der Waals surface area contributed by atoms with Gasteiger partial charge in [-0.05, 0) is 30.9 Å². The van der Waals surface area contributed by atoms with E-state index >= 15 is 0 Å². The summed E-state index contributed by atoms with van der Waals surface area (Å²) in [5, 5.41) is -0.351. The Hall–Kier alpha value is -0.110. The lowest BCUT2D eigenvalue weighted by Gasteiger charge is -2.37. The molecule has 0 aliphatic heterocycles. The predicted molar refractivity (Wildman–Crippen MR) is 37.7 cm³/mol. The molecule has 0 heterocycles. The molecule has 0 bridgehead atoms. The number of hydrogen-bond acceptors (Lipinski definition) is 1. The monoisotopic (exact) mass is 164 g/mol. The minimum atomic E-state index is -0.476. The van der Waals surface area contributed by atoms with Crippen molar-refractivity contribution in [2.24, 2.45) is 5.41 Å². The second-order valence-corrected chi connectivity index (χ2v) is 3.19. The number of rotatable bonds is 3. The van der Waals surface area contributed by atoms with Crippen LogP contribution in [0.2, 0.25) is 0 Å². The van der Waals surface area contributed by atoms with Crippen LogP contribution in [0.4, 0.5) is 4.39 Å². The van der Waals surface area contributed by atoms with E-state index in [-0.39, 0.29) is 5.24 Å². The number of alkyl halides is 1. The van der Waals surface area contributed by atoms with Crippen LogP contribution in [0.3, 0.4) is 0 Å². The molecule has 1 rings (SSSR count). The molecular formula is C7H10ClFO. The highest BCUT2D eigenvalue weighted by Crippen LogP contribution is 2.45. The van der Waals surface area contributed by atoms with Gasteiger partial charge in [-0.3, -0.25) is 9.18 Å². The van der Waals surface area contributed by atoms with Gasteiger partial charge in [0.15, 0.2) is 0 Å². The molecule has 0 spiro atoms. The lowest BCUT2D eigenvalue weighted by Crippen LogP contribution is -2.35. The first-order valence-corrected chi connectivity index (χ1v) is 3.85. The summed E-state index contributed by atoms with van der Waals surface area (Å²) in [4.78, 5) is 10.7. The molecule has 0 aromatic rings. The van der Waals surface area contributed by atoms with Gasteiger partial charge in [-0.2, -0.15) is 0 Å². The minimum Gasteiger partial charge on any atom is -0.281 e. The molecule has 0 amide bonds. The quantitative estimate of drug-likeness (QED) is 0.585. The van der Waals surface area contributed by atoms with Crippen molar-refractivity contribution in [1.29, 1.82) is 0 Å². The Kier molecular flexibility index (Phi) is 2.29. The van der Waals surface area contributed by atoms with Crippen molar-refractivity contribution in [3.8, 4) is 0 Å². The lowest BCUT2D eigenvalue weighted by molar-refractivity contribution is -0.125. The maximum absolute atomic E-state index is 11.9. The fourth-order valence-corrected chi connectivity index (χ4v) is 1.61. The van der Waals surface area contributed by atoms with E-state index in [4.69, 9.17) is 11.6 Å². The van der Waals surface area contributed by atoms with Crippen molar-refractivity contribution < 1.29 is 9.18 Å². The van der Waals surface area contributed by atoms with Crippen LogP contribution in [0.1, 0.15) is 25.7 Å². The van der Waals surface area contributed by atoms with Gasteiger partial charge in [0.05, 0.1) is 6.67 Å².